The van der Waals surface area contributed by atoms with Crippen LogP contribution < -0.4 is 5.32 Å². The van der Waals surface area contributed by atoms with E-state index in [-0.39, 0.29) is 12.0 Å². The smallest absolute Gasteiger partial charge is 0.475 e. The molecule has 2 aliphatic heterocycles. The third kappa shape index (κ3) is 6.18. The van der Waals surface area contributed by atoms with E-state index in [1.165, 1.54) is 43.6 Å². The van der Waals surface area contributed by atoms with Gasteiger partial charge in [0.05, 0.1) is 25.7 Å². The van der Waals surface area contributed by atoms with Gasteiger partial charge in [0, 0.05) is 23.4 Å². The van der Waals surface area contributed by atoms with Gasteiger partial charge in [0.2, 0.25) is 5.91 Å². The Hall–Kier alpha value is -1.65. The third-order valence-corrected chi connectivity index (χ3v) is 6.96. The van der Waals surface area contributed by atoms with E-state index in [1.54, 1.807) is 11.3 Å². The molecule has 0 aromatic carbocycles. The van der Waals surface area contributed by atoms with E-state index in [0.717, 1.165) is 12.6 Å². The monoisotopic (exact) mass is 448 g/mol. The number of thiophene rings is 1. The number of alkyl halides is 3. The molecule has 1 aliphatic carbocycles. The second-order valence-electron chi connectivity index (χ2n) is 8.03. The number of likely N-dealkylation sites (tertiary alicyclic amines) is 1. The number of ether oxygens (including phenoxy) is 1. The number of carboxylic acid groups (broad SMARTS) is 1. The zero-order chi connectivity index (χ0) is 21.7. The minimum Gasteiger partial charge on any atom is -0.475 e. The zero-order valence-corrected chi connectivity index (χ0v) is 17.4. The number of rotatable bonds is 5. The van der Waals surface area contributed by atoms with Gasteiger partial charge in [-0.1, -0.05) is 12.5 Å². The molecule has 30 heavy (non-hydrogen) atoms. The largest absolute Gasteiger partial charge is 0.490 e. The number of carbonyl (C=O) groups is 2. The molecule has 3 aliphatic rings. The number of hydrogen-bond acceptors (Lipinski definition) is 5. The molecule has 0 unspecified atom stereocenters. The first-order chi connectivity index (χ1) is 14.2. The maximum atomic E-state index is 12.2. The Morgan fingerprint density at radius 1 is 1.30 bits per heavy atom. The summed E-state index contributed by atoms with van der Waals surface area (Å²) < 4.78 is 37.7. The third-order valence-electron chi connectivity index (χ3n) is 6.09. The van der Waals surface area contributed by atoms with Gasteiger partial charge in [0.15, 0.2) is 0 Å². The van der Waals surface area contributed by atoms with Crippen molar-refractivity contribution in [2.45, 2.75) is 57.0 Å². The summed E-state index contributed by atoms with van der Waals surface area (Å²) in [5.74, 6) is -1.41. The van der Waals surface area contributed by atoms with Crippen molar-refractivity contribution in [3.05, 3.63) is 22.4 Å². The van der Waals surface area contributed by atoms with Crippen molar-refractivity contribution in [1.82, 2.24) is 10.2 Å². The number of halogens is 3. The summed E-state index contributed by atoms with van der Waals surface area (Å²) in [6, 6.07) is 4.92. The van der Waals surface area contributed by atoms with Crippen LogP contribution in [0.25, 0.3) is 0 Å². The Balaban J connectivity index is 0.000000318. The van der Waals surface area contributed by atoms with Crippen LogP contribution in [0.4, 0.5) is 13.2 Å². The fraction of sp³-hybridized carbons (Fsp3) is 0.700. The Labute approximate surface area is 177 Å². The van der Waals surface area contributed by atoms with E-state index in [2.05, 4.69) is 16.3 Å². The van der Waals surface area contributed by atoms with Crippen molar-refractivity contribution < 1.29 is 32.6 Å². The molecule has 2 saturated heterocycles. The standard InChI is InChI=1S/C18H26N2O2S.C2HF3O2/c21-18(19-10-15-5-2-8-23-15)9-17-16-6-7-20(14-3-1-4-14)11-13(16)12-22-17;3-2(4,5)1(6)7/h2,5,8,13-14,16-17H,1,3-4,6-7,9-12H2,(H,19,21);(H,6,7)/t13-,16-,17+;/m1./s1. The van der Waals surface area contributed by atoms with Crippen LogP contribution >= 0.6 is 11.3 Å². The number of amides is 1. The maximum Gasteiger partial charge on any atom is 0.490 e. The lowest BCUT2D eigenvalue weighted by Gasteiger charge is -2.43. The molecule has 1 saturated carbocycles. The average molecular weight is 449 g/mol. The average Bonchev–Trinajstić information content (AvgIpc) is 3.28. The molecule has 0 spiro atoms. The van der Waals surface area contributed by atoms with E-state index < -0.39 is 12.1 Å². The second-order valence-corrected chi connectivity index (χ2v) is 9.06. The molecule has 0 radical (unpaired) electrons. The lowest BCUT2D eigenvalue weighted by Crippen LogP contribution is -2.49. The molecule has 1 amide bonds. The van der Waals surface area contributed by atoms with Gasteiger partial charge >= 0.3 is 12.1 Å². The minimum absolute atomic E-state index is 0.130. The van der Waals surface area contributed by atoms with Crippen LogP contribution in [0.5, 0.6) is 0 Å². The van der Waals surface area contributed by atoms with Crippen LogP contribution in [0, 0.1) is 11.8 Å². The predicted molar refractivity (Wildman–Crippen MR) is 105 cm³/mol. The number of hydrogen-bond donors (Lipinski definition) is 2. The number of aliphatic carboxylic acids is 1. The van der Waals surface area contributed by atoms with Crippen molar-refractivity contribution >= 4 is 23.2 Å². The number of carbonyl (C=O) groups excluding carboxylic acids is 1. The fourth-order valence-corrected chi connectivity index (χ4v) is 4.91. The Bertz CT molecular complexity index is 709. The summed E-state index contributed by atoms with van der Waals surface area (Å²) in [6.45, 7) is 3.87. The van der Waals surface area contributed by atoms with Gasteiger partial charge in [-0.05, 0) is 43.2 Å². The number of nitrogens with one attached hydrogen (secondary N) is 1. The predicted octanol–water partition coefficient (Wildman–Crippen LogP) is 3.28. The fourth-order valence-electron chi connectivity index (χ4n) is 4.26. The van der Waals surface area contributed by atoms with Gasteiger partial charge in [-0.25, -0.2) is 4.79 Å². The highest BCUT2D eigenvalue weighted by atomic mass is 32.1. The van der Waals surface area contributed by atoms with Crippen molar-refractivity contribution in [1.29, 1.82) is 0 Å². The van der Waals surface area contributed by atoms with Crippen molar-refractivity contribution in [3.8, 4) is 0 Å². The normalized spacial score (nSPS) is 26.8. The molecular formula is C20H27F3N2O4S. The van der Waals surface area contributed by atoms with Crippen molar-refractivity contribution in [2.75, 3.05) is 19.7 Å². The van der Waals surface area contributed by atoms with Crippen molar-refractivity contribution in [2.24, 2.45) is 11.8 Å². The topological polar surface area (TPSA) is 78.9 Å². The first kappa shape index (κ1) is 23.0. The first-order valence-electron chi connectivity index (χ1n) is 10.2. The van der Waals surface area contributed by atoms with Crippen LogP contribution in [0.2, 0.25) is 0 Å². The Kier molecular flexibility index (Phi) is 7.75. The number of carboxylic acids is 1. The summed E-state index contributed by atoms with van der Waals surface area (Å²) in [5, 5.41) is 12.2. The Morgan fingerprint density at radius 2 is 2.03 bits per heavy atom. The molecular weight excluding hydrogens is 421 g/mol. The summed E-state index contributed by atoms with van der Waals surface area (Å²) in [6.07, 6.45) is 0.935. The van der Waals surface area contributed by atoms with Gasteiger partial charge in [-0.3, -0.25) is 4.79 Å². The highest BCUT2D eigenvalue weighted by Crippen LogP contribution is 2.38. The molecule has 3 fully saturated rings. The Morgan fingerprint density at radius 3 is 2.60 bits per heavy atom. The molecule has 168 valence electrons. The van der Waals surface area contributed by atoms with Crippen LogP contribution in [-0.2, 0) is 20.9 Å². The van der Waals surface area contributed by atoms with Crippen LogP contribution in [0.3, 0.4) is 0 Å². The molecule has 0 bridgehead atoms. The van der Waals surface area contributed by atoms with Crippen LogP contribution in [-0.4, -0.2) is 59.9 Å². The van der Waals surface area contributed by atoms with Crippen LogP contribution in [0.1, 0.15) is 37.0 Å². The lowest BCUT2D eigenvalue weighted by atomic mass is 9.80. The van der Waals surface area contributed by atoms with Crippen molar-refractivity contribution in [3.63, 3.8) is 0 Å². The highest BCUT2D eigenvalue weighted by Gasteiger charge is 2.43. The molecule has 6 nitrogen and oxygen atoms in total. The quantitative estimate of drug-likeness (QED) is 0.723. The molecule has 4 rings (SSSR count). The molecule has 1 aromatic heterocycles. The van der Waals surface area contributed by atoms with Gasteiger partial charge in [0.25, 0.3) is 0 Å². The zero-order valence-electron chi connectivity index (χ0n) is 16.6. The minimum atomic E-state index is -5.08. The number of fused-ring (bicyclic) bond motifs is 1. The van der Waals surface area contributed by atoms with E-state index in [4.69, 9.17) is 14.6 Å². The number of piperidine rings is 1. The van der Waals surface area contributed by atoms with E-state index in [9.17, 15) is 18.0 Å². The summed E-state index contributed by atoms with van der Waals surface area (Å²) in [4.78, 5) is 25.0. The lowest BCUT2D eigenvalue weighted by molar-refractivity contribution is -0.192. The SMILES string of the molecule is O=C(C[C@@H]1OC[C@H]2CN(C3CCC3)CC[C@H]21)NCc1cccs1.O=C(O)C(F)(F)F. The van der Waals surface area contributed by atoms with Crippen LogP contribution in [0.15, 0.2) is 17.5 Å². The van der Waals surface area contributed by atoms with E-state index >= 15 is 0 Å². The van der Waals surface area contributed by atoms with Gasteiger partial charge < -0.3 is 20.1 Å². The molecule has 3 atom stereocenters. The molecule has 3 heterocycles. The molecule has 2 N–H and O–H groups in total. The maximum absolute atomic E-state index is 12.2. The highest BCUT2D eigenvalue weighted by molar-refractivity contribution is 7.09. The first-order valence-corrected chi connectivity index (χ1v) is 11.1. The molecule has 1 aromatic rings. The van der Waals surface area contributed by atoms with Gasteiger partial charge in [-0.15, -0.1) is 11.3 Å². The molecule has 10 heteroatoms. The summed E-state index contributed by atoms with van der Waals surface area (Å²) in [7, 11) is 0. The van der Waals surface area contributed by atoms with E-state index in [0.29, 0.717) is 24.8 Å². The van der Waals surface area contributed by atoms with E-state index in [1.807, 2.05) is 11.4 Å². The number of nitrogens with zero attached hydrogens (tertiary/aromatic N) is 1. The summed E-state index contributed by atoms with van der Waals surface area (Å²) in [5.41, 5.74) is 0. The second kappa shape index (κ2) is 10.1. The van der Waals surface area contributed by atoms with Gasteiger partial charge in [-0.2, -0.15) is 13.2 Å². The van der Waals surface area contributed by atoms with Gasteiger partial charge in [0.1, 0.15) is 0 Å². The summed E-state index contributed by atoms with van der Waals surface area (Å²) >= 11 is 1.68.